The predicted molar refractivity (Wildman–Crippen MR) is 161 cm³/mol. The van der Waals surface area contributed by atoms with Gasteiger partial charge in [0, 0.05) is 60.2 Å². The molecule has 0 aliphatic heterocycles. The number of aromatic nitrogens is 5. The van der Waals surface area contributed by atoms with Crippen LogP contribution in [0.25, 0.3) is 22.2 Å². The summed E-state index contributed by atoms with van der Waals surface area (Å²) in [4.78, 5) is 32.1. The largest absolute Gasteiger partial charge is 0.497 e. The van der Waals surface area contributed by atoms with Crippen LogP contribution in [0.2, 0.25) is 5.02 Å². The molecule has 0 saturated carbocycles. The van der Waals surface area contributed by atoms with Crippen LogP contribution in [0.5, 0.6) is 11.5 Å². The average molecular weight is 570 g/mol. The molecule has 4 heterocycles. The van der Waals surface area contributed by atoms with Crippen molar-refractivity contribution in [1.82, 2.24) is 24.5 Å². The molecule has 0 radical (unpaired) electrons. The Morgan fingerprint density at radius 3 is 2.61 bits per heavy atom. The summed E-state index contributed by atoms with van der Waals surface area (Å²) < 4.78 is 12.5. The van der Waals surface area contributed by atoms with Crippen molar-refractivity contribution >= 4 is 40.1 Å². The number of benzene rings is 1. The molecule has 11 heteroatoms. The highest BCUT2D eigenvalue weighted by molar-refractivity contribution is 6.35. The Kier molecular flexibility index (Phi) is 8.40. The fraction of sp³-hybridized carbons (Fsp3) is 0.167. The molecule has 0 atom stereocenters. The third-order valence-electron chi connectivity index (χ3n) is 6.36. The number of anilines is 3. The van der Waals surface area contributed by atoms with Crippen LogP contribution in [0, 0.1) is 0 Å². The first-order valence-electron chi connectivity index (χ1n) is 12.8. The second-order valence-corrected chi connectivity index (χ2v) is 9.35. The van der Waals surface area contributed by atoms with E-state index in [0.717, 1.165) is 11.4 Å². The summed E-state index contributed by atoms with van der Waals surface area (Å²) in [6, 6.07) is 14.5. The highest BCUT2D eigenvalue weighted by Crippen LogP contribution is 2.38. The second kappa shape index (κ2) is 12.5. The SMILES string of the molecule is C=CCNc1ccc(CCn2c(=O)c(-c3cc(OC)cc(OC)c3Cl)cc3cnc(Nc4ccccn4)nc32)nc1. The summed E-state index contributed by atoms with van der Waals surface area (Å²) in [7, 11) is 3.05. The molecule has 0 amide bonds. The zero-order valence-corrected chi connectivity index (χ0v) is 23.4. The fourth-order valence-electron chi connectivity index (χ4n) is 4.30. The molecule has 0 saturated heterocycles. The molecule has 0 unspecified atom stereocenters. The van der Waals surface area contributed by atoms with Crippen molar-refractivity contribution in [3.63, 3.8) is 0 Å². The number of nitrogens with one attached hydrogen (secondary N) is 2. The van der Waals surface area contributed by atoms with Crippen LogP contribution in [-0.2, 0) is 13.0 Å². The Morgan fingerprint density at radius 2 is 1.90 bits per heavy atom. The van der Waals surface area contributed by atoms with Crippen LogP contribution >= 0.6 is 11.6 Å². The number of rotatable bonds is 11. The van der Waals surface area contributed by atoms with Gasteiger partial charge < -0.3 is 20.1 Å². The van der Waals surface area contributed by atoms with E-state index in [4.69, 9.17) is 26.1 Å². The Bertz CT molecular complexity index is 1740. The number of ether oxygens (including phenoxy) is 2. The van der Waals surface area contributed by atoms with E-state index in [1.807, 2.05) is 24.3 Å². The van der Waals surface area contributed by atoms with Crippen LogP contribution in [0.4, 0.5) is 17.5 Å². The quantitative estimate of drug-likeness (QED) is 0.199. The number of aryl methyl sites for hydroxylation is 2. The maximum Gasteiger partial charge on any atom is 0.260 e. The summed E-state index contributed by atoms with van der Waals surface area (Å²) >= 11 is 6.69. The zero-order chi connectivity index (χ0) is 28.8. The fourth-order valence-corrected chi connectivity index (χ4v) is 4.59. The van der Waals surface area contributed by atoms with E-state index in [1.54, 1.807) is 60.6 Å². The van der Waals surface area contributed by atoms with Gasteiger partial charge >= 0.3 is 0 Å². The highest BCUT2D eigenvalue weighted by atomic mass is 35.5. The summed E-state index contributed by atoms with van der Waals surface area (Å²) in [6.07, 6.45) is 7.36. The van der Waals surface area contributed by atoms with Gasteiger partial charge in [0.1, 0.15) is 23.0 Å². The highest BCUT2D eigenvalue weighted by Gasteiger charge is 2.19. The van der Waals surface area contributed by atoms with E-state index in [9.17, 15) is 4.79 Å². The molecule has 0 aliphatic rings. The summed E-state index contributed by atoms with van der Waals surface area (Å²) in [5, 5.41) is 7.26. The van der Waals surface area contributed by atoms with E-state index in [1.165, 1.54) is 7.11 Å². The first kappa shape index (κ1) is 27.6. The minimum absolute atomic E-state index is 0.276. The van der Waals surface area contributed by atoms with Crippen molar-refractivity contribution in [2.45, 2.75) is 13.0 Å². The number of halogens is 1. The van der Waals surface area contributed by atoms with Gasteiger partial charge in [-0.1, -0.05) is 23.7 Å². The molecular weight excluding hydrogens is 542 g/mol. The molecule has 5 aromatic rings. The molecule has 5 rings (SSSR count). The van der Waals surface area contributed by atoms with Gasteiger partial charge in [-0.25, -0.2) is 9.97 Å². The van der Waals surface area contributed by atoms with Gasteiger partial charge in [-0.05, 0) is 36.4 Å². The number of methoxy groups -OCH3 is 2. The Hall–Kier alpha value is -4.96. The van der Waals surface area contributed by atoms with Crippen molar-refractivity contribution in [2.24, 2.45) is 0 Å². The molecule has 4 aromatic heterocycles. The lowest BCUT2D eigenvalue weighted by molar-refractivity contribution is 0.395. The Morgan fingerprint density at radius 1 is 1.02 bits per heavy atom. The standard InChI is InChI=1S/C30H28ClN7O3/c1-4-11-32-21-9-8-20(34-18-21)10-13-38-28-19(17-35-30(37-28)36-26-7-5-6-12-33-26)14-24(29(38)39)23-15-22(40-2)16-25(41-3)27(23)31/h4-9,12,14-18,32H,1,10-11,13H2,2-3H3,(H,33,35,36,37). The van der Waals surface area contributed by atoms with E-state index >= 15 is 0 Å². The summed E-state index contributed by atoms with van der Waals surface area (Å²) in [5.74, 6) is 1.80. The Labute approximate surface area is 241 Å². The molecule has 0 fully saturated rings. The van der Waals surface area contributed by atoms with Crippen LogP contribution in [0.3, 0.4) is 0 Å². The van der Waals surface area contributed by atoms with Gasteiger partial charge in [0.25, 0.3) is 5.56 Å². The van der Waals surface area contributed by atoms with Crippen molar-refractivity contribution in [3.8, 4) is 22.6 Å². The zero-order valence-electron chi connectivity index (χ0n) is 22.6. The summed E-state index contributed by atoms with van der Waals surface area (Å²) in [6.45, 7) is 4.67. The average Bonchev–Trinajstić information content (AvgIpc) is 3.00. The number of pyridine rings is 3. The monoisotopic (exact) mass is 569 g/mol. The van der Waals surface area contributed by atoms with Crippen LogP contribution < -0.4 is 25.7 Å². The number of hydrogen-bond donors (Lipinski definition) is 2. The summed E-state index contributed by atoms with van der Waals surface area (Å²) in [5.41, 5.74) is 2.74. The van der Waals surface area contributed by atoms with Crippen molar-refractivity contribution < 1.29 is 9.47 Å². The lowest BCUT2D eigenvalue weighted by Gasteiger charge is -2.16. The second-order valence-electron chi connectivity index (χ2n) is 8.98. The predicted octanol–water partition coefficient (Wildman–Crippen LogP) is 5.50. The van der Waals surface area contributed by atoms with Gasteiger partial charge in [0.15, 0.2) is 0 Å². The van der Waals surface area contributed by atoms with Gasteiger partial charge in [-0.3, -0.25) is 14.3 Å². The maximum atomic E-state index is 14.1. The van der Waals surface area contributed by atoms with E-state index in [0.29, 0.717) is 70.0 Å². The van der Waals surface area contributed by atoms with Gasteiger partial charge in [0.2, 0.25) is 5.95 Å². The molecule has 208 valence electrons. The van der Waals surface area contributed by atoms with E-state index in [2.05, 4.69) is 32.2 Å². The van der Waals surface area contributed by atoms with E-state index in [-0.39, 0.29) is 5.56 Å². The third-order valence-corrected chi connectivity index (χ3v) is 6.75. The molecule has 41 heavy (non-hydrogen) atoms. The topological polar surface area (TPSA) is 116 Å². The van der Waals surface area contributed by atoms with Gasteiger partial charge in [-0.2, -0.15) is 4.98 Å². The van der Waals surface area contributed by atoms with E-state index < -0.39 is 0 Å². The molecule has 0 aliphatic carbocycles. The molecule has 10 nitrogen and oxygen atoms in total. The van der Waals surface area contributed by atoms with Gasteiger partial charge in [0.05, 0.1) is 31.1 Å². The molecule has 2 N–H and O–H groups in total. The molecule has 1 aromatic carbocycles. The first-order chi connectivity index (χ1) is 20.0. The molecule has 0 bridgehead atoms. The first-order valence-corrected chi connectivity index (χ1v) is 13.2. The number of nitrogens with zero attached hydrogens (tertiary/aromatic N) is 5. The molecule has 0 spiro atoms. The number of hydrogen-bond acceptors (Lipinski definition) is 9. The van der Waals surface area contributed by atoms with Crippen LogP contribution in [-0.4, -0.2) is 45.3 Å². The van der Waals surface area contributed by atoms with Crippen molar-refractivity contribution in [2.75, 3.05) is 31.4 Å². The lowest BCUT2D eigenvalue weighted by Crippen LogP contribution is -2.24. The Balaban J connectivity index is 1.60. The maximum absolute atomic E-state index is 14.1. The molecular formula is C30H28ClN7O3. The minimum Gasteiger partial charge on any atom is -0.497 e. The van der Waals surface area contributed by atoms with Crippen molar-refractivity contribution in [1.29, 1.82) is 0 Å². The smallest absolute Gasteiger partial charge is 0.260 e. The van der Waals surface area contributed by atoms with Crippen LogP contribution in [0.15, 0.2) is 84.6 Å². The minimum atomic E-state index is -0.276. The van der Waals surface area contributed by atoms with Crippen LogP contribution in [0.1, 0.15) is 5.69 Å². The number of fused-ring (bicyclic) bond motifs is 1. The third kappa shape index (κ3) is 6.12. The van der Waals surface area contributed by atoms with Gasteiger partial charge in [-0.15, -0.1) is 6.58 Å². The van der Waals surface area contributed by atoms with Crippen molar-refractivity contribution in [3.05, 3.63) is 101 Å². The normalized spacial score (nSPS) is 10.8. The lowest BCUT2D eigenvalue weighted by atomic mass is 10.0.